The molecule has 1 aromatic carbocycles. The van der Waals surface area contributed by atoms with Crippen LogP contribution in [0, 0.1) is 6.92 Å². The maximum atomic E-state index is 4.72. The maximum Gasteiger partial charge on any atom is 0.191 e. The topological polar surface area (TPSA) is 65.1 Å². The van der Waals surface area contributed by atoms with E-state index in [0.717, 1.165) is 29.6 Å². The smallest absolute Gasteiger partial charge is 0.191 e. The van der Waals surface area contributed by atoms with Crippen molar-refractivity contribution in [2.24, 2.45) is 4.99 Å². The summed E-state index contributed by atoms with van der Waals surface area (Å²) >= 11 is 1.69. The predicted molar refractivity (Wildman–Crippen MR) is 116 cm³/mol. The van der Waals surface area contributed by atoms with Gasteiger partial charge in [0.25, 0.3) is 0 Å². The first-order valence-corrected chi connectivity index (χ1v) is 10.2. The molecule has 0 fully saturated rings. The molecule has 144 valence electrons. The Bertz CT molecular complexity index is 930. The molecule has 5 nitrogen and oxygen atoms in total. The normalized spacial score (nSPS) is 12.6. The molecular formula is C21H29N5S. The number of benzene rings is 1. The number of nitrogens with zero attached hydrogens (tertiary/aromatic N) is 2. The number of para-hydroxylation sites is 1. The van der Waals surface area contributed by atoms with Crippen LogP contribution < -0.4 is 10.6 Å². The van der Waals surface area contributed by atoms with Gasteiger partial charge in [0.2, 0.25) is 0 Å². The maximum absolute atomic E-state index is 4.72. The molecule has 6 heteroatoms. The first-order chi connectivity index (χ1) is 12.9. The van der Waals surface area contributed by atoms with E-state index in [9.17, 15) is 0 Å². The van der Waals surface area contributed by atoms with Crippen molar-refractivity contribution in [2.75, 3.05) is 13.6 Å². The van der Waals surface area contributed by atoms with Gasteiger partial charge in [-0.1, -0.05) is 39.0 Å². The van der Waals surface area contributed by atoms with Crippen molar-refractivity contribution >= 4 is 28.2 Å². The lowest BCUT2D eigenvalue weighted by atomic mass is 9.93. The molecule has 0 bridgehead atoms. The van der Waals surface area contributed by atoms with Crippen LogP contribution in [0.25, 0.3) is 10.9 Å². The number of H-pyrrole nitrogens is 1. The largest absolute Gasteiger partial charge is 0.361 e. The third kappa shape index (κ3) is 4.69. The first kappa shape index (κ1) is 19.4. The summed E-state index contributed by atoms with van der Waals surface area (Å²) in [5.74, 6) is 0.804. The Morgan fingerprint density at radius 2 is 2.07 bits per heavy atom. The van der Waals surface area contributed by atoms with E-state index in [4.69, 9.17) is 4.98 Å². The second-order valence-corrected chi connectivity index (χ2v) is 8.73. The van der Waals surface area contributed by atoms with Gasteiger partial charge in [-0.3, -0.25) is 4.99 Å². The molecule has 2 aromatic heterocycles. The van der Waals surface area contributed by atoms with Gasteiger partial charge in [0, 0.05) is 41.5 Å². The Labute approximate surface area is 165 Å². The number of hydrogen-bond donors (Lipinski definition) is 3. The molecule has 0 aliphatic carbocycles. The molecule has 0 saturated heterocycles. The molecule has 0 spiro atoms. The fourth-order valence-corrected chi connectivity index (χ4v) is 3.96. The highest BCUT2D eigenvalue weighted by Crippen LogP contribution is 2.24. The lowest BCUT2D eigenvalue weighted by Crippen LogP contribution is -2.37. The fraction of sp³-hybridized carbons (Fsp3) is 0.429. The van der Waals surface area contributed by atoms with Gasteiger partial charge in [-0.05, 0) is 24.5 Å². The van der Waals surface area contributed by atoms with Crippen molar-refractivity contribution in [3.63, 3.8) is 0 Å². The Hall–Kier alpha value is -2.34. The number of hydrogen-bond acceptors (Lipinski definition) is 3. The summed E-state index contributed by atoms with van der Waals surface area (Å²) in [6.45, 7) is 10.2. The summed E-state index contributed by atoms with van der Waals surface area (Å²) in [5.41, 5.74) is 5.07. The van der Waals surface area contributed by atoms with Crippen LogP contribution in [0.4, 0.5) is 0 Å². The van der Waals surface area contributed by atoms with Crippen LogP contribution in [0.1, 0.15) is 42.6 Å². The van der Waals surface area contributed by atoms with Crippen LogP contribution in [0.15, 0.2) is 34.8 Å². The summed E-state index contributed by atoms with van der Waals surface area (Å²) in [7, 11) is 1.80. The lowest BCUT2D eigenvalue weighted by molar-refractivity contribution is 0.570. The van der Waals surface area contributed by atoms with Crippen LogP contribution in [0.2, 0.25) is 0 Å². The lowest BCUT2D eigenvalue weighted by Gasteiger charge is -2.14. The summed E-state index contributed by atoms with van der Waals surface area (Å²) in [4.78, 5) is 12.4. The minimum absolute atomic E-state index is 0.0896. The van der Waals surface area contributed by atoms with Crippen LogP contribution in [0.5, 0.6) is 0 Å². The van der Waals surface area contributed by atoms with Gasteiger partial charge < -0.3 is 15.6 Å². The van der Waals surface area contributed by atoms with Gasteiger partial charge in [0.15, 0.2) is 5.96 Å². The molecule has 0 unspecified atom stereocenters. The van der Waals surface area contributed by atoms with E-state index >= 15 is 0 Å². The molecule has 0 aliphatic heterocycles. The summed E-state index contributed by atoms with van der Waals surface area (Å²) in [6, 6.07) is 6.43. The minimum atomic E-state index is 0.0896. The number of guanidine groups is 1. The van der Waals surface area contributed by atoms with Crippen LogP contribution in [0.3, 0.4) is 0 Å². The molecule has 3 N–H and O–H groups in total. The van der Waals surface area contributed by atoms with Gasteiger partial charge in [0.1, 0.15) is 5.01 Å². The number of thiazole rings is 1. The predicted octanol–water partition coefficient (Wildman–Crippen LogP) is 4.14. The average molecular weight is 384 g/mol. The molecule has 0 atom stereocenters. The van der Waals surface area contributed by atoms with Crippen molar-refractivity contribution in [1.29, 1.82) is 0 Å². The quantitative estimate of drug-likeness (QED) is 0.458. The fourth-order valence-electron chi connectivity index (χ4n) is 3.00. The second-order valence-electron chi connectivity index (χ2n) is 7.79. The number of aryl methyl sites for hydroxylation is 1. The molecular weight excluding hydrogens is 354 g/mol. The standard InChI is InChI=1S/C21H29N5S/c1-14-7-6-8-16-15(11-24-19(14)16)9-10-23-20(22-5)25-12-18-26-17(13-27-18)21(2,3)4/h6-8,11,13,24H,9-10,12H2,1-5H3,(H2,22,23,25). The SMILES string of the molecule is CN=C(NCCc1c[nH]c2c(C)cccc12)NCc1nc(C(C)(C)C)cs1. The molecule has 0 amide bonds. The minimum Gasteiger partial charge on any atom is -0.361 e. The number of fused-ring (bicyclic) bond motifs is 1. The Balaban J connectivity index is 1.52. The van der Waals surface area contributed by atoms with Crippen molar-refractivity contribution in [1.82, 2.24) is 20.6 Å². The highest BCUT2D eigenvalue weighted by atomic mass is 32.1. The van der Waals surface area contributed by atoms with E-state index < -0.39 is 0 Å². The number of aliphatic imine (C=N–C) groups is 1. The Morgan fingerprint density at radius 1 is 1.26 bits per heavy atom. The van der Waals surface area contributed by atoms with E-state index in [0.29, 0.717) is 6.54 Å². The van der Waals surface area contributed by atoms with E-state index in [-0.39, 0.29) is 5.41 Å². The zero-order valence-electron chi connectivity index (χ0n) is 16.8. The van der Waals surface area contributed by atoms with E-state index in [1.165, 1.54) is 22.0 Å². The first-order valence-electron chi connectivity index (χ1n) is 9.33. The molecule has 3 rings (SSSR count). The van der Waals surface area contributed by atoms with E-state index in [1.54, 1.807) is 18.4 Å². The van der Waals surface area contributed by atoms with Crippen molar-refractivity contribution in [3.05, 3.63) is 51.6 Å². The molecule has 27 heavy (non-hydrogen) atoms. The van der Waals surface area contributed by atoms with Crippen molar-refractivity contribution in [2.45, 2.75) is 46.1 Å². The zero-order valence-corrected chi connectivity index (χ0v) is 17.6. The van der Waals surface area contributed by atoms with E-state index in [2.05, 4.69) is 78.1 Å². The number of rotatable bonds is 5. The Kier molecular flexibility index (Phi) is 5.85. The monoisotopic (exact) mass is 383 g/mol. The molecule has 0 radical (unpaired) electrons. The summed E-state index contributed by atoms with van der Waals surface area (Å²) < 4.78 is 0. The number of aromatic amines is 1. The van der Waals surface area contributed by atoms with Crippen molar-refractivity contribution < 1.29 is 0 Å². The van der Waals surface area contributed by atoms with Gasteiger partial charge >= 0.3 is 0 Å². The van der Waals surface area contributed by atoms with Gasteiger partial charge in [-0.15, -0.1) is 11.3 Å². The third-order valence-corrected chi connectivity index (χ3v) is 5.50. The highest BCUT2D eigenvalue weighted by molar-refractivity contribution is 7.09. The van der Waals surface area contributed by atoms with Crippen LogP contribution in [-0.4, -0.2) is 29.5 Å². The highest BCUT2D eigenvalue weighted by Gasteiger charge is 2.17. The van der Waals surface area contributed by atoms with Crippen LogP contribution >= 0.6 is 11.3 Å². The Morgan fingerprint density at radius 3 is 2.78 bits per heavy atom. The molecule has 3 aromatic rings. The van der Waals surface area contributed by atoms with E-state index in [1.807, 2.05) is 0 Å². The third-order valence-electron chi connectivity index (χ3n) is 4.65. The van der Waals surface area contributed by atoms with Crippen molar-refractivity contribution in [3.8, 4) is 0 Å². The van der Waals surface area contributed by atoms with Gasteiger partial charge in [-0.25, -0.2) is 4.98 Å². The number of nitrogens with one attached hydrogen (secondary N) is 3. The molecule has 2 heterocycles. The van der Waals surface area contributed by atoms with Gasteiger partial charge in [0.05, 0.1) is 12.2 Å². The van der Waals surface area contributed by atoms with Crippen LogP contribution in [-0.2, 0) is 18.4 Å². The average Bonchev–Trinajstić information content (AvgIpc) is 3.26. The summed E-state index contributed by atoms with van der Waals surface area (Å²) in [6.07, 6.45) is 3.05. The summed E-state index contributed by atoms with van der Waals surface area (Å²) in [5, 5.41) is 11.3. The zero-order chi connectivity index (χ0) is 19.4. The second kappa shape index (κ2) is 8.13. The molecule has 0 aliphatic rings. The molecule has 0 saturated carbocycles. The number of aromatic nitrogens is 2. The van der Waals surface area contributed by atoms with Gasteiger partial charge in [-0.2, -0.15) is 0 Å².